The molecule has 2 rings (SSSR count). The van der Waals surface area contributed by atoms with Gasteiger partial charge in [-0.25, -0.2) is 27.0 Å². The van der Waals surface area contributed by atoms with Gasteiger partial charge >= 0.3 is 0 Å². The number of primary sulfonamides is 1. The molecule has 2 aromatic heterocycles. The van der Waals surface area contributed by atoms with Crippen LogP contribution in [0.25, 0.3) is 5.65 Å². The van der Waals surface area contributed by atoms with Gasteiger partial charge in [0.1, 0.15) is 5.82 Å². The maximum atomic E-state index is 12.0. The summed E-state index contributed by atoms with van der Waals surface area (Å²) in [4.78, 5) is 3.75. The topological polar surface area (TPSA) is 137 Å². The van der Waals surface area contributed by atoms with Gasteiger partial charge in [-0.15, -0.1) is 10.2 Å². The summed E-state index contributed by atoms with van der Waals surface area (Å²) in [6, 6.07) is 0. The van der Waals surface area contributed by atoms with E-state index in [2.05, 4.69) is 15.2 Å². The molecule has 2 aromatic rings. The van der Waals surface area contributed by atoms with Crippen molar-refractivity contribution in [2.24, 2.45) is 5.14 Å². The lowest BCUT2D eigenvalue weighted by atomic mass is 10.6. The zero-order valence-corrected chi connectivity index (χ0v) is 11.5. The maximum absolute atomic E-state index is 12.0. The van der Waals surface area contributed by atoms with E-state index in [1.165, 1.54) is 16.8 Å². The molecule has 9 nitrogen and oxygen atoms in total. The SMILES string of the molecule is Cc1nnc2c(S(=O)(=O)CCS(N)(=O)=O)nccn12. The molecule has 11 heteroatoms. The molecule has 0 aliphatic carbocycles. The first kappa shape index (κ1) is 13.8. The van der Waals surface area contributed by atoms with E-state index >= 15 is 0 Å². The van der Waals surface area contributed by atoms with E-state index in [4.69, 9.17) is 5.14 Å². The monoisotopic (exact) mass is 305 g/mol. The van der Waals surface area contributed by atoms with Crippen LogP contribution < -0.4 is 5.14 Å². The van der Waals surface area contributed by atoms with Crippen LogP contribution >= 0.6 is 0 Å². The molecule has 19 heavy (non-hydrogen) atoms. The molecular weight excluding hydrogens is 294 g/mol. The van der Waals surface area contributed by atoms with Gasteiger partial charge in [-0.05, 0) is 6.92 Å². The van der Waals surface area contributed by atoms with E-state index in [-0.39, 0.29) is 10.7 Å². The van der Waals surface area contributed by atoms with Crippen molar-refractivity contribution in [3.8, 4) is 0 Å². The molecule has 0 spiro atoms. The first-order chi connectivity index (χ1) is 8.71. The lowest BCUT2D eigenvalue weighted by Crippen LogP contribution is -2.24. The van der Waals surface area contributed by atoms with E-state index in [0.29, 0.717) is 5.82 Å². The Labute approximate surface area is 109 Å². The van der Waals surface area contributed by atoms with Crippen LogP contribution in [0.15, 0.2) is 17.4 Å². The normalized spacial score (nSPS) is 12.9. The van der Waals surface area contributed by atoms with E-state index in [1.54, 1.807) is 6.92 Å². The molecule has 2 N–H and O–H groups in total. The molecule has 0 bridgehead atoms. The van der Waals surface area contributed by atoms with Crippen LogP contribution in [0.3, 0.4) is 0 Å². The van der Waals surface area contributed by atoms with Crippen molar-refractivity contribution in [1.82, 2.24) is 19.6 Å². The highest BCUT2D eigenvalue weighted by atomic mass is 32.2. The fourth-order valence-electron chi connectivity index (χ4n) is 1.46. The van der Waals surface area contributed by atoms with Gasteiger partial charge in [-0.1, -0.05) is 0 Å². The third-order valence-corrected chi connectivity index (χ3v) is 5.05. The number of hydrogen-bond acceptors (Lipinski definition) is 7. The predicted octanol–water partition coefficient (Wildman–Crippen LogP) is -1.51. The maximum Gasteiger partial charge on any atom is 0.210 e. The molecule has 0 unspecified atom stereocenters. The van der Waals surface area contributed by atoms with Crippen LogP contribution in [0, 0.1) is 6.92 Å². The zero-order valence-electron chi connectivity index (χ0n) is 9.88. The Kier molecular flexibility index (Phi) is 3.28. The molecule has 0 aromatic carbocycles. The zero-order chi connectivity index (χ0) is 14.3. The second-order valence-corrected chi connectivity index (χ2v) is 7.62. The number of sulfonamides is 1. The number of nitrogens with zero attached hydrogens (tertiary/aromatic N) is 4. The molecule has 0 radical (unpaired) electrons. The largest absolute Gasteiger partial charge is 0.283 e. The highest BCUT2D eigenvalue weighted by Crippen LogP contribution is 2.14. The minimum Gasteiger partial charge on any atom is -0.283 e. The predicted molar refractivity (Wildman–Crippen MR) is 65.5 cm³/mol. The number of aromatic nitrogens is 4. The molecule has 0 aliphatic heterocycles. The molecule has 0 aliphatic rings. The van der Waals surface area contributed by atoms with Gasteiger partial charge in [0.2, 0.25) is 24.9 Å². The molecule has 0 amide bonds. The first-order valence-corrected chi connectivity index (χ1v) is 8.47. The van der Waals surface area contributed by atoms with Crippen LogP contribution in [-0.4, -0.2) is 47.9 Å². The van der Waals surface area contributed by atoms with Crippen LogP contribution in [-0.2, 0) is 19.9 Å². The Morgan fingerprint density at radius 2 is 1.89 bits per heavy atom. The summed E-state index contributed by atoms with van der Waals surface area (Å²) >= 11 is 0. The highest BCUT2D eigenvalue weighted by molar-refractivity contribution is 7.94. The van der Waals surface area contributed by atoms with Gasteiger partial charge in [0.05, 0.1) is 11.5 Å². The lowest BCUT2D eigenvalue weighted by molar-refractivity contribution is 0.586. The Bertz CT molecular complexity index is 824. The van der Waals surface area contributed by atoms with Crippen molar-refractivity contribution < 1.29 is 16.8 Å². The minimum atomic E-state index is -3.90. The summed E-state index contributed by atoms with van der Waals surface area (Å²) in [6.45, 7) is 1.65. The van der Waals surface area contributed by atoms with Crippen molar-refractivity contribution in [2.75, 3.05) is 11.5 Å². The van der Waals surface area contributed by atoms with Gasteiger partial charge in [-0.3, -0.25) is 4.40 Å². The number of fused-ring (bicyclic) bond motifs is 1. The van der Waals surface area contributed by atoms with Gasteiger partial charge in [0.25, 0.3) is 0 Å². The highest BCUT2D eigenvalue weighted by Gasteiger charge is 2.23. The van der Waals surface area contributed by atoms with E-state index in [9.17, 15) is 16.8 Å². The second-order valence-electron chi connectivity index (χ2n) is 3.86. The summed E-state index contributed by atoms with van der Waals surface area (Å²) in [5.74, 6) is -0.824. The number of hydrogen-bond donors (Lipinski definition) is 1. The molecular formula is C8H11N5O4S2. The smallest absolute Gasteiger partial charge is 0.210 e. The van der Waals surface area contributed by atoms with Crippen LogP contribution in [0.4, 0.5) is 0 Å². The lowest BCUT2D eigenvalue weighted by Gasteiger charge is -2.03. The van der Waals surface area contributed by atoms with E-state index in [1.807, 2.05) is 0 Å². The van der Waals surface area contributed by atoms with Gasteiger partial charge in [0.15, 0.2) is 5.65 Å². The summed E-state index contributed by atoms with van der Waals surface area (Å²) in [5, 5.41) is 11.9. The first-order valence-electron chi connectivity index (χ1n) is 5.10. The van der Waals surface area contributed by atoms with E-state index in [0.717, 1.165) is 0 Å². The number of aryl methyl sites for hydroxylation is 1. The summed E-state index contributed by atoms with van der Waals surface area (Å²) in [7, 11) is -7.76. The Balaban J connectivity index is 2.49. The average Bonchev–Trinajstić information content (AvgIpc) is 2.68. The standard InChI is InChI=1S/C8H11N5O4S2/c1-6-11-12-7-8(10-2-3-13(6)7)18(14,15)4-5-19(9,16)17/h2-3H,4-5H2,1H3,(H2,9,16,17). The van der Waals surface area contributed by atoms with Crippen LogP contribution in [0.5, 0.6) is 0 Å². The number of nitrogens with two attached hydrogens (primary N) is 1. The third-order valence-electron chi connectivity index (χ3n) is 2.40. The van der Waals surface area contributed by atoms with Gasteiger partial charge in [-0.2, -0.15) is 0 Å². The van der Waals surface area contributed by atoms with E-state index < -0.39 is 31.4 Å². The quantitative estimate of drug-likeness (QED) is 0.725. The molecule has 2 heterocycles. The summed E-state index contributed by atoms with van der Waals surface area (Å²) in [6.07, 6.45) is 2.80. The average molecular weight is 305 g/mol. The summed E-state index contributed by atoms with van der Waals surface area (Å²) in [5.41, 5.74) is 0.0643. The fraction of sp³-hybridized carbons (Fsp3) is 0.375. The number of sulfone groups is 1. The van der Waals surface area contributed by atoms with Crippen molar-refractivity contribution in [2.45, 2.75) is 11.9 Å². The van der Waals surface area contributed by atoms with Crippen LogP contribution in [0.2, 0.25) is 0 Å². The molecule has 0 atom stereocenters. The van der Waals surface area contributed by atoms with Crippen LogP contribution in [0.1, 0.15) is 5.82 Å². The van der Waals surface area contributed by atoms with Gasteiger partial charge in [0, 0.05) is 12.4 Å². The Morgan fingerprint density at radius 1 is 1.21 bits per heavy atom. The Hall–Kier alpha value is -1.59. The minimum absolute atomic E-state index is 0.0643. The van der Waals surface area contributed by atoms with Crippen molar-refractivity contribution >= 4 is 25.5 Å². The van der Waals surface area contributed by atoms with Crippen molar-refractivity contribution in [1.29, 1.82) is 0 Å². The van der Waals surface area contributed by atoms with Crippen molar-refractivity contribution in [3.63, 3.8) is 0 Å². The Morgan fingerprint density at radius 3 is 2.53 bits per heavy atom. The molecule has 0 fully saturated rings. The third kappa shape index (κ3) is 2.88. The molecule has 0 saturated heterocycles. The van der Waals surface area contributed by atoms with Gasteiger partial charge < -0.3 is 0 Å². The molecule has 104 valence electrons. The number of rotatable bonds is 4. The molecule has 0 saturated carbocycles. The van der Waals surface area contributed by atoms with Crippen molar-refractivity contribution in [3.05, 3.63) is 18.2 Å². The second kappa shape index (κ2) is 4.51. The fourth-order valence-corrected chi connectivity index (χ4v) is 4.10. The summed E-state index contributed by atoms with van der Waals surface area (Å²) < 4.78 is 47.2.